The van der Waals surface area contributed by atoms with Gasteiger partial charge in [0.2, 0.25) is 0 Å². The Bertz CT molecular complexity index is 460. The summed E-state index contributed by atoms with van der Waals surface area (Å²) in [5.41, 5.74) is 2.10. The first kappa shape index (κ1) is 15.8. The highest BCUT2D eigenvalue weighted by molar-refractivity contribution is 5.89. The van der Waals surface area contributed by atoms with E-state index in [0.29, 0.717) is 24.9 Å². The van der Waals surface area contributed by atoms with Crippen molar-refractivity contribution in [1.82, 2.24) is 4.90 Å². The minimum Gasteiger partial charge on any atom is -0.393 e. The van der Waals surface area contributed by atoms with Crippen LogP contribution in [0.2, 0.25) is 0 Å². The number of anilines is 1. The maximum Gasteiger partial charge on any atom is 0.321 e. The number of amides is 2. The lowest BCUT2D eigenvalue weighted by atomic mass is 9.92. The number of carbonyl (C=O) groups is 1. The third kappa shape index (κ3) is 4.21. The van der Waals surface area contributed by atoms with Crippen molar-refractivity contribution in [3.8, 4) is 0 Å². The molecule has 2 rings (SSSR count). The van der Waals surface area contributed by atoms with Gasteiger partial charge in [0.05, 0.1) is 6.10 Å². The van der Waals surface area contributed by atoms with Gasteiger partial charge in [-0.05, 0) is 49.3 Å². The first-order chi connectivity index (χ1) is 9.97. The summed E-state index contributed by atoms with van der Waals surface area (Å²) in [6, 6.07) is 7.97. The van der Waals surface area contributed by atoms with E-state index in [9.17, 15) is 9.90 Å². The first-order valence-electron chi connectivity index (χ1n) is 7.81. The molecule has 0 aliphatic carbocycles. The van der Waals surface area contributed by atoms with Gasteiger partial charge < -0.3 is 15.3 Å². The smallest absolute Gasteiger partial charge is 0.321 e. The van der Waals surface area contributed by atoms with Crippen molar-refractivity contribution in [2.24, 2.45) is 5.92 Å². The van der Waals surface area contributed by atoms with Gasteiger partial charge in [0.1, 0.15) is 0 Å². The molecule has 1 saturated heterocycles. The lowest BCUT2D eigenvalue weighted by Gasteiger charge is -2.33. The third-order valence-electron chi connectivity index (χ3n) is 4.34. The van der Waals surface area contributed by atoms with Crippen LogP contribution in [0.5, 0.6) is 0 Å². The molecule has 0 radical (unpaired) electrons. The van der Waals surface area contributed by atoms with Crippen LogP contribution in [-0.2, 0) is 0 Å². The predicted molar refractivity (Wildman–Crippen MR) is 85.5 cm³/mol. The summed E-state index contributed by atoms with van der Waals surface area (Å²) in [6.45, 7) is 7.56. The highest BCUT2D eigenvalue weighted by Crippen LogP contribution is 2.22. The van der Waals surface area contributed by atoms with Gasteiger partial charge in [0, 0.05) is 18.8 Å². The largest absolute Gasteiger partial charge is 0.393 e. The van der Waals surface area contributed by atoms with E-state index in [1.807, 2.05) is 24.0 Å². The second-order valence-electron chi connectivity index (χ2n) is 6.27. The summed E-state index contributed by atoms with van der Waals surface area (Å²) in [5.74, 6) is 0.814. The lowest BCUT2D eigenvalue weighted by Crippen LogP contribution is -2.42. The maximum absolute atomic E-state index is 12.2. The SMILES string of the molecule is CC(C)c1ccc(NC(=O)N2CCC(C(C)O)CC2)cc1. The highest BCUT2D eigenvalue weighted by atomic mass is 16.3. The average molecular weight is 290 g/mol. The minimum atomic E-state index is -0.279. The Morgan fingerprint density at radius 1 is 1.19 bits per heavy atom. The van der Waals surface area contributed by atoms with E-state index in [0.717, 1.165) is 18.5 Å². The zero-order valence-corrected chi connectivity index (χ0v) is 13.2. The van der Waals surface area contributed by atoms with Gasteiger partial charge in [-0.15, -0.1) is 0 Å². The number of nitrogens with one attached hydrogen (secondary N) is 1. The number of hydrogen-bond acceptors (Lipinski definition) is 2. The minimum absolute atomic E-state index is 0.0451. The number of nitrogens with zero attached hydrogens (tertiary/aromatic N) is 1. The summed E-state index contributed by atoms with van der Waals surface area (Å²) in [5, 5.41) is 12.5. The van der Waals surface area contributed by atoms with E-state index in [2.05, 4.69) is 31.3 Å². The van der Waals surface area contributed by atoms with Crippen molar-refractivity contribution < 1.29 is 9.90 Å². The number of benzene rings is 1. The van der Waals surface area contributed by atoms with Crippen LogP contribution < -0.4 is 5.32 Å². The molecule has 1 aromatic carbocycles. The molecule has 2 N–H and O–H groups in total. The fraction of sp³-hybridized carbons (Fsp3) is 0.588. The zero-order chi connectivity index (χ0) is 15.4. The number of rotatable bonds is 3. The molecule has 1 heterocycles. The van der Waals surface area contributed by atoms with E-state index in [1.165, 1.54) is 5.56 Å². The van der Waals surface area contributed by atoms with E-state index in [1.54, 1.807) is 0 Å². The molecule has 0 aromatic heterocycles. The Hall–Kier alpha value is -1.55. The van der Waals surface area contributed by atoms with Gasteiger partial charge in [-0.25, -0.2) is 4.79 Å². The monoisotopic (exact) mass is 290 g/mol. The molecule has 0 bridgehead atoms. The van der Waals surface area contributed by atoms with Crippen LogP contribution in [0.25, 0.3) is 0 Å². The molecule has 116 valence electrons. The van der Waals surface area contributed by atoms with Crippen molar-refractivity contribution in [2.45, 2.75) is 45.6 Å². The van der Waals surface area contributed by atoms with Crippen LogP contribution in [0.4, 0.5) is 10.5 Å². The highest BCUT2D eigenvalue weighted by Gasteiger charge is 2.25. The molecule has 21 heavy (non-hydrogen) atoms. The van der Waals surface area contributed by atoms with Gasteiger partial charge in [0.15, 0.2) is 0 Å². The van der Waals surface area contributed by atoms with Gasteiger partial charge >= 0.3 is 6.03 Å². The summed E-state index contributed by atoms with van der Waals surface area (Å²) in [4.78, 5) is 14.0. The van der Waals surface area contributed by atoms with Gasteiger partial charge in [-0.2, -0.15) is 0 Å². The molecule has 4 nitrogen and oxygen atoms in total. The van der Waals surface area contributed by atoms with Crippen LogP contribution in [0.1, 0.15) is 45.1 Å². The van der Waals surface area contributed by atoms with Crippen molar-refractivity contribution >= 4 is 11.7 Å². The standard InChI is InChI=1S/C17H26N2O2/c1-12(2)14-4-6-16(7-5-14)18-17(21)19-10-8-15(9-11-19)13(3)20/h4-7,12-13,15,20H,8-11H2,1-3H3,(H,18,21). The molecule has 0 spiro atoms. The molecule has 1 unspecified atom stereocenters. The Balaban J connectivity index is 1.87. The molecule has 1 aliphatic rings. The number of aliphatic hydroxyl groups excluding tert-OH is 1. The Labute approximate surface area is 127 Å². The number of hydrogen-bond donors (Lipinski definition) is 2. The van der Waals surface area contributed by atoms with Gasteiger partial charge in [-0.3, -0.25) is 0 Å². The zero-order valence-electron chi connectivity index (χ0n) is 13.2. The fourth-order valence-corrected chi connectivity index (χ4v) is 2.74. The molecule has 4 heteroatoms. The van der Waals surface area contributed by atoms with Crippen LogP contribution in [0, 0.1) is 5.92 Å². The van der Waals surface area contributed by atoms with Crippen LogP contribution in [0.3, 0.4) is 0 Å². The number of aliphatic hydroxyl groups is 1. The Kier molecular flexibility index (Phi) is 5.23. The molecule has 1 fully saturated rings. The van der Waals surface area contributed by atoms with E-state index in [-0.39, 0.29) is 12.1 Å². The molecular formula is C17H26N2O2. The van der Waals surface area contributed by atoms with Crippen molar-refractivity contribution in [3.63, 3.8) is 0 Å². The number of urea groups is 1. The summed E-state index contributed by atoms with van der Waals surface area (Å²) in [6.07, 6.45) is 1.47. The summed E-state index contributed by atoms with van der Waals surface area (Å²) >= 11 is 0. The fourth-order valence-electron chi connectivity index (χ4n) is 2.74. The van der Waals surface area contributed by atoms with E-state index < -0.39 is 0 Å². The molecular weight excluding hydrogens is 264 g/mol. The topological polar surface area (TPSA) is 52.6 Å². The van der Waals surface area contributed by atoms with E-state index in [4.69, 9.17) is 0 Å². The molecule has 1 atom stereocenters. The van der Waals surface area contributed by atoms with Crippen LogP contribution in [0.15, 0.2) is 24.3 Å². The second kappa shape index (κ2) is 6.94. The van der Waals surface area contributed by atoms with E-state index >= 15 is 0 Å². The maximum atomic E-state index is 12.2. The number of likely N-dealkylation sites (tertiary alicyclic amines) is 1. The van der Waals surface area contributed by atoms with Gasteiger partial charge in [-0.1, -0.05) is 26.0 Å². The lowest BCUT2D eigenvalue weighted by molar-refractivity contribution is 0.0820. The third-order valence-corrected chi connectivity index (χ3v) is 4.34. The number of piperidine rings is 1. The molecule has 2 amide bonds. The first-order valence-corrected chi connectivity index (χ1v) is 7.81. The van der Waals surface area contributed by atoms with Crippen molar-refractivity contribution in [2.75, 3.05) is 18.4 Å². The second-order valence-corrected chi connectivity index (χ2v) is 6.27. The normalized spacial score (nSPS) is 17.9. The Morgan fingerprint density at radius 2 is 1.76 bits per heavy atom. The quantitative estimate of drug-likeness (QED) is 0.896. The summed E-state index contributed by atoms with van der Waals surface area (Å²) < 4.78 is 0. The van der Waals surface area contributed by atoms with Crippen LogP contribution >= 0.6 is 0 Å². The molecule has 1 aromatic rings. The summed E-state index contributed by atoms with van der Waals surface area (Å²) in [7, 11) is 0. The number of carbonyl (C=O) groups excluding carboxylic acids is 1. The predicted octanol–water partition coefficient (Wildman–Crippen LogP) is 3.43. The van der Waals surface area contributed by atoms with Gasteiger partial charge in [0.25, 0.3) is 0 Å². The van der Waals surface area contributed by atoms with Crippen LogP contribution in [-0.4, -0.2) is 35.2 Å². The van der Waals surface area contributed by atoms with Crippen molar-refractivity contribution in [1.29, 1.82) is 0 Å². The van der Waals surface area contributed by atoms with Crippen molar-refractivity contribution in [3.05, 3.63) is 29.8 Å². The average Bonchev–Trinajstić information content (AvgIpc) is 2.47. The molecule has 0 saturated carbocycles. The Morgan fingerprint density at radius 3 is 2.24 bits per heavy atom. The molecule has 1 aliphatic heterocycles.